The quantitative estimate of drug-likeness (QED) is 0.653. The van der Waals surface area contributed by atoms with Crippen LogP contribution in [0.4, 0.5) is 13.2 Å². The lowest BCUT2D eigenvalue weighted by molar-refractivity contribution is -0.123. The molecule has 0 radical (unpaired) electrons. The molecule has 0 saturated heterocycles. The van der Waals surface area contributed by atoms with Gasteiger partial charge in [-0.05, 0) is 36.4 Å². The van der Waals surface area contributed by atoms with Crippen LogP contribution >= 0.6 is 0 Å². The van der Waals surface area contributed by atoms with Gasteiger partial charge in [0, 0.05) is 17.1 Å². The fourth-order valence-corrected chi connectivity index (χ4v) is 3.30. The summed E-state index contributed by atoms with van der Waals surface area (Å²) in [7, 11) is -4.23. The Labute approximate surface area is 158 Å². The number of pyridine rings is 1. The summed E-state index contributed by atoms with van der Waals surface area (Å²) in [5.41, 5.74) is 0.242. The van der Waals surface area contributed by atoms with Crippen LogP contribution in [0.3, 0.4) is 0 Å². The molecule has 0 aliphatic rings. The summed E-state index contributed by atoms with van der Waals surface area (Å²) in [5, 5.41) is 2.39. The smallest absolute Gasteiger partial charge is 0.377 e. The van der Waals surface area contributed by atoms with Crippen molar-refractivity contribution in [1.29, 1.82) is 0 Å². The largest absolute Gasteiger partial charge is 0.405 e. The van der Waals surface area contributed by atoms with Crippen molar-refractivity contribution in [2.75, 3.05) is 6.54 Å². The minimum atomic E-state index is -4.54. The Balaban J connectivity index is 1.80. The second-order valence-electron chi connectivity index (χ2n) is 5.69. The standard InChI is InChI=1S/C18H13F3N2O4S/c19-18(20,21)11-23-17(24)13-6-8-14(9-7-13)28(25,26)27-15-5-1-3-12-4-2-10-22-16(12)15/h1-10H,11H2,(H,23,24). The van der Waals surface area contributed by atoms with Gasteiger partial charge >= 0.3 is 16.3 Å². The third kappa shape index (κ3) is 4.58. The number of nitrogens with zero attached hydrogens (tertiary/aromatic N) is 1. The van der Waals surface area contributed by atoms with Gasteiger partial charge in [0.1, 0.15) is 17.0 Å². The van der Waals surface area contributed by atoms with Crippen LogP contribution in [0.25, 0.3) is 10.9 Å². The number of carbonyl (C=O) groups is 1. The molecular weight excluding hydrogens is 397 g/mol. The van der Waals surface area contributed by atoms with Gasteiger partial charge in [-0.25, -0.2) is 0 Å². The van der Waals surface area contributed by atoms with Crippen LogP contribution < -0.4 is 9.50 Å². The molecule has 0 aliphatic carbocycles. The maximum atomic E-state index is 12.5. The van der Waals surface area contributed by atoms with Gasteiger partial charge < -0.3 is 9.50 Å². The highest BCUT2D eigenvalue weighted by molar-refractivity contribution is 7.87. The second-order valence-corrected chi connectivity index (χ2v) is 7.24. The van der Waals surface area contributed by atoms with E-state index in [1.54, 1.807) is 29.6 Å². The van der Waals surface area contributed by atoms with Gasteiger partial charge in [-0.15, -0.1) is 0 Å². The van der Waals surface area contributed by atoms with E-state index in [4.69, 9.17) is 4.18 Å². The highest BCUT2D eigenvalue weighted by Gasteiger charge is 2.28. The second kappa shape index (κ2) is 7.47. The van der Waals surface area contributed by atoms with Crippen LogP contribution in [0.15, 0.2) is 65.7 Å². The SMILES string of the molecule is O=C(NCC(F)(F)F)c1ccc(S(=O)(=O)Oc2cccc3cccnc23)cc1. The minimum absolute atomic E-state index is 0.0325. The van der Waals surface area contributed by atoms with E-state index in [1.807, 2.05) is 0 Å². The molecule has 0 bridgehead atoms. The molecule has 3 rings (SSSR count). The van der Waals surface area contributed by atoms with E-state index in [0.717, 1.165) is 24.3 Å². The molecule has 0 unspecified atom stereocenters. The molecule has 1 amide bonds. The van der Waals surface area contributed by atoms with Crippen molar-refractivity contribution in [2.45, 2.75) is 11.1 Å². The molecule has 1 N–H and O–H groups in total. The molecule has 28 heavy (non-hydrogen) atoms. The highest BCUT2D eigenvalue weighted by atomic mass is 32.2. The Bertz CT molecular complexity index is 1110. The van der Waals surface area contributed by atoms with Gasteiger partial charge in [-0.1, -0.05) is 18.2 Å². The summed E-state index contributed by atoms with van der Waals surface area (Å²) in [6, 6.07) is 12.6. The zero-order valence-corrected chi connectivity index (χ0v) is 14.9. The Kier molecular flexibility index (Phi) is 5.23. The van der Waals surface area contributed by atoms with Crippen LogP contribution in [0.1, 0.15) is 10.4 Å². The Hall–Kier alpha value is -3.14. The molecule has 0 spiro atoms. The number of amides is 1. The van der Waals surface area contributed by atoms with Gasteiger partial charge in [0.05, 0.1) is 0 Å². The summed E-state index contributed by atoms with van der Waals surface area (Å²) in [4.78, 5) is 15.5. The minimum Gasteiger partial charge on any atom is -0.377 e. The number of nitrogens with one attached hydrogen (secondary N) is 1. The molecule has 146 valence electrons. The van der Waals surface area contributed by atoms with E-state index >= 15 is 0 Å². The molecule has 10 heteroatoms. The molecule has 1 aromatic heterocycles. The van der Waals surface area contributed by atoms with Crippen LogP contribution in [0, 0.1) is 0 Å². The van der Waals surface area contributed by atoms with Gasteiger partial charge in [-0.2, -0.15) is 21.6 Å². The fourth-order valence-electron chi connectivity index (χ4n) is 2.37. The lowest BCUT2D eigenvalue weighted by Crippen LogP contribution is -2.33. The third-order valence-electron chi connectivity index (χ3n) is 3.65. The molecule has 3 aromatic rings. The first-order chi connectivity index (χ1) is 13.2. The van der Waals surface area contributed by atoms with E-state index in [9.17, 15) is 26.4 Å². The van der Waals surface area contributed by atoms with Crippen molar-refractivity contribution in [3.05, 3.63) is 66.4 Å². The number of carbonyl (C=O) groups excluding carboxylic acids is 1. The summed E-state index contributed by atoms with van der Waals surface area (Å²) >= 11 is 0. The van der Waals surface area contributed by atoms with Crippen LogP contribution in [0.2, 0.25) is 0 Å². The van der Waals surface area contributed by atoms with Crippen molar-refractivity contribution in [3.63, 3.8) is 0 Å². The maximum Gasteiger partial charge on any atom is 0.405 e. The average molecular weight is 410 g/mol. The molecular formula is C18H13F3N2O4S. The van der Waals surface area contributed by atoms with E-state index < -0.39 is 28.7 Å². The molecule has 2 aromatic carbocycles. The first-order valence-electron chi connectivity index (χ1n) is 7.89. The van der Waals surface area contributed by atoms with E-state index in [-0.39, 0.29) is 16.2 Å². The molecule has 0 fully saturated rings. The van der Waals surface area contributed by atoms with Crippen LogP contribution in [-0.4, -0.2) is 32.0 Å². The Morgan fingerprint density at radius 1 is 1.04 bits per heavy atom. The predicted octanol–water partition coefficient (Wildman–Crippen LogP) is 3.29. The van der Waals surface area contributed by atoms with Crippen molar-refractivity contribution < 1.29 is 30.6 Å². The topological polar surface area (TPSA) is 85.4 Å². The number of rotatable bonds is 5. The zero-order valence-electron chi connectivity index (χ0n) is 14.1. The molecule has 0 saturated carbocycles. The normalized spacial score (nSPS) is 12.0. The fraction of sp³-hybridized carbons (Fsp3) is 0.111. The zero-order chi connectivity index (χ0) is 20.4. The van der Waals surface area contributed by atoms with Crippen LogP contribution in [-0.2, 0) is 10.1 Å². The van der Waals surface area contributed by atoms with E-state index in [0.29, 0.717) is 10.9 Å². The van der Waals surface area contributed by atoms with E-state index in [2.05, 4.69) is 4.98 Å². The number of aromatic nitrogens is 1. The maximum absolute atomic E-state index is 12.5. The number of fused-ring (bicyclic) bond motifs is 1. The lowest BCUT2D eigenvalue weighted by atomic mass is 10.2. The number of benzene rings is 2. The highest BCUT2D eigenvalue weighted by Crippen LogP contribution is 2.26. The number of halogens is 3. The summed E-state index contributed by atoms with van der Waals surface area (Å²) in [6.45, 7) is -1.48. The summed E-state index contributed by atoms with van der Waals surface area (Å²) in [6.07, 6.45) is -3.05. The number of para-hydroxylation sites is 1. The van der Waals surface area contributed by atoms with Gasteiger partial charge in [-0.3, -0.25) is 9.78 Å². The Morgan fingerprint density at radius 2 is 1.71 bits per heavy atom. The third-order valence-corrected chi connectivity index (χ3v) is 4.90. The van der Waals surface area contributed by atoms with Gasteiger partial charge in [0.15, 0.2) is 5.75 Å². The predicted molar refractivity (Wildman–Crippen MR) is 94.4 cm³/mol. The number of alkyl halides is 3. The van der Waals surface area contributed by atoms with Crippen molar-refractivity contribution in [3.8, 4) is 5.75 Å². The van der Waals surface area contributed by atoms with Gasteiger partial charge in [0.25, 0.3) is 5.91 Å². The molecule has 6 nitrogen and oxygen atoms in total. The average Bonchev–Trinajstić information content (AvgIpc) is 2.66. The molecule has 1 heterocycles. The first-order valence-corrected chi connectivity index (χ1v) is 9.30. The summed E-state index contributed by atoms with van der Waals surface area (Å²) in [5.74, 6) is -0.939. The summed E-state index contributed by atoms with van der Waals surface area (Å²) < 4.78 is 66.6. The monoisotopic (exact) mass is 410 g/mol. The number of hydrogen-bond acceptors (Lipinski definition) is 5. The van der Waals surface area contributed by atoms with Crippen LogP contribution in [0.5, 0.6) is 5.75 Å². The van der Waals surface area contributed by atoms with Crippen molar-refractivity contribution in [2.24, 2.45) is 0 Å². The first kappa shape index (κ1) is 19.6. The van der Waals surface area contributed by atoms with Crippen molar-refractivity contribution >= 4 is 26.9 Å². The molecule has 0 aliphatic heterocycles. The lowest BCUT2D eigenvalue weighted by Gasteiger charge is -2.10. The van der Waals surface area contributed by atoms with E-state index in [1.165, 1.54) is 12.3 Å². The number of hydrogen-bond donors (Lipinski definition) is 1. The Morgan fingerprint density at radius 3 is 2.39 bits per heavy atom. The van der Waals surface area contributed by atoms with Crippen molar-refractivity contribution in [1.82, 2.24) is 10.3 Å². The molecule has 0 atom stereocenters. The van der Waals surface area contributed by atoms with Gasteiger partial charge in [0.2, 0.25) is 0 Å².